The van der Waals surface area contributed by atoms with Gasteiger partial charge in [0.15, 0.2) is 5.82 Å². The third-order valence-corrected chi connectivity index (χ3v) is 5.05. The van der Waals surface area contributed by atoms with E-state index in [-0.39, 0.29) is 11.7 Å². The van der Waals surface area contributed by atoms with E-state index in [1.165, 1.54) is 12.1 Å². The quantitative estimate of drug-likeness (QED) is 0.750. The van der Waals surface area contributed by atoms with Crippen LogP contribution in [-0.4, -0.2) is 52.3 Å². The summed E-state index contributed by atoms with van der Waals surface area (Å²) in [5.41, 5.74) is 2.64. The number of piperazine rings is 1. The lowest BCUT2D eigenvalue weighted by Gasteiger charge is -2.37. The van der Waals surface area contributed by atoms with Crippen LogP contribution >= 0.6 is 11.6 Å². The normalized spacial score (nSPS) is 15.7. The minimum atomic E-state index is -0.511. The molecule has 1 fully saturated rings. The van der Waals surface area contributed by atoms with Crippen molar-refractivity contribution in [2.45, 2.75) is 32.6 Å². The number of hydrogen-bond donors (Lipinski definition) is 0. The molecule has 7 heteroatoms. The Hall–Kier alpha value is -2.21. The Morgan fingerprint density at radius 3 is 2.56 bits per heavy atom. The van der Waals surface area contributed by atoms with Crippen LogP contribution < -0.4 is 4.90 Å². The summed E-state index contributed by atoms with van der Waals surface area (Å²) in [4.78, 5) is 25.4. The van der Waals surface area contributed by atoms with Crippen LogP contribution in [0.3, 0.4) is 0 Å². The maximum Gasteiger partial charge on any atom is 0.240 e. The fourth-order valence-electron chi connectivity index (χ4n) is 3.40. The summed E-state index contributed by atoms with van der Waals surface area (Å²) < 4.78 is 13.6. The summed E-state index contributed by atoms with van der Waals surface area (Å²) in [6.45, 7) is 8.32. The molecule has 1 atom stereocenters. The molecule has 1 aliphatic rings. The topological polar surface area (TPSA) is 49.3 Å². The lowest BCUT2D eigenvalue weighted by molar-refractivity contribution is -0.130. The van der Waals surface area contributed by atoms with Crippen LogP contribution in [0, 0.1) is 12.7 Å². The van der Waals surface area contributed by atoms with Gasteiger partial charge in [0.2, 0.25) is 5.91 Å². The zero-order chi connectivity index (χ0) is 19.6. The molecule has 27 heavy (non-hydrogen) atoms. The van der Waals surface area contributed by atoms with Gasteiger partial charge in [-0.25, -0.2) is 14.4 Å². The van der Waals surface area contributed by atoms with Crippen molar-refractivity contribution in [3.05, 3.63) is 41.3 Å². The number of carbonyl (C=O) groups is 1. The van der Waals surface area contributed by atoms with E-state index in [0.29, 0.717) is 37.6 Å². The average Bonchev–Trinajstić information content (AvgIpc) is 2.66. The monoisotopic (exact) mass is 390 g/mol. The Labute approximate surface area is 164 Å². The van der Waals surface area contributed by atoms with E-state index in [9.17, 15) is 9.18 Å². The number of nitrogens with zero attached hydrogens (tertiary/aromatic N) is 4. The van der Waals surface area contributed by atoms with Gasteiger partial charge in [0.1, 0.15) is 17.0 Å². The molecular weight excluding hydrogens is 367 g/mol. The largest absolute Gasteiger partial charge is 0.353 e. The van der Waals surface area contributed by atoms with Crippen LogP contribution in [0.25, 0.3) is 11.4 Å². The minimum Gasteiger partial charge on any atom is -0.353 e. The molecule has 0 aliphatic carbocycles. The molecule has 0 radical (unpaired) electrons. The van der Waals surface area contributed by atoms with Crippen molar-refractivity contribution in [1.29, 1.82) is 0 Å². The van der Waals surface area contributed by atoms with E-state index in [1.54, 1.807) is 17.9 Å². The highest BCUT2D eigenvalue weighted by molar-refractivity contribution is 6.30. The highest BCUT2D eigenvalue weighted by Crippen LogP contribution is 2.27. The molecule has 0 N–H and O–H groups in total. The maximum atomic E-state index is 13.6. The second-order valence-corrected chi connectivity index (χ2v) is 7.38. The number of aromatic nitrogens is 2. The maximum absolute atomic E-state index is 13.6. The lowest BCUT2D eigenvalue weighted by atomic mass is 10.1. The number of hydrogen-bond acceptors (Lipinski definition) is 4. The van der Waals surface area contributed by atoms with Gasteiger partial charge in [0.05, 0.1) is 0 Å². The number of amides is 1. The molecule has 144 valence electrons. The van der Waals surface area contributed by atoms with Gasteiger partial charge in [0, 0.05) is 43.0 Å². The van der Waals surface area contributed by atoms with E-state index in [0.717, 1.165) is 23.5 Å². The Morgan fingerprint density at radius 1 is 1.26 bits per heavy atom. The Morgan fingerprint density at radius 2 is 1.96 bits per heavy atom. The Bertz CT molecular complexity index is 835. The van der Waals surface area contributed by atoms with Crippen molar-refractivity contribution in [1.82, 2.24) is 14.9 Å². The third-order valence-electron chi connectivity index (χ3n) is 4.86. The molecule has 0 unspecified atom stereocenters. The van der Waals surface area contributed by atoms with E-state index >= 15 is 0 Å². The molecular formula is C20H24ClFN4O. The number of halogens is 2. The molecule has 1 aromatic carbocycles. The van der Waals surface area contributed by atoms with Gasteiger partial charge in [-0.2, -0.15) is 0 Å². The second-order valence-electron chi connectivity index (χ2n) is 6.73. The fourth-order valence-corrected chi connectivity index (χ4v) is 3.54. The van der Waals surface area contributed by atoms with E-state index in [2.05, 4.69) is 16.8 Å². The second kappa shape index (κ2) is 8.21. The zero-order valence-electron chi connectivity index (χ0n) is 15.9. The highest BCUT2D eigenvalue weighted by atomic mass is 35.5. The van der Waals surface area contributed by atoms with Crippen LogP contribution in [0.4, 0.5) is 10.2 Å². The van der Waals surface area contributed by atoms with Crippen LogP contribution in [0.15, 0.2) is 24.3 Å². The van der Waals surface area contributed by atoms with Crippen LogP contribution in [0.1, 0.15) is 25.1 Å². The van der Waals surface area contributed by atoms with Crippen molar-refractivity contribution < 1.29 is 9.18 Å². The molecule has 1 amide bonds. The smallest absolute Gasteiger partial charge is 0.240 e. The number of benzene rings is 1. The summed E-state index contributed by atoms with van der Waals surface area (Å²) in [5, 5.41) is -0.511. The highest BCUT2D eigenvalue weighted by Gasteiger charge is 2.26. The number of aryl methyl sites for hydroxylation is 1. The Kier molecular flexibility index (Phi) is 5.95. The predicted molar refractivity (Wildman–Crippen MR) is 106 cm³/mol. The molecule has 2 heterocycles. The van der Waals surface area contributed by atoms with E-state index in [1.807, 2.05) is 13.0 Å². The van der Waals surface area contributed by atoms with Crippen LogP contribution in [-0.2, 0) is 11.2 Å². The molecule has 0 spiro atoms. The van der Waals surface area contributed by atoms with Gasteiger partial charge < -0.3 is 9.80 Å². The van der Waals surface area contributed by atoms with Gasteiger partial charge >= 0.3 is 0 Å². The van der Waals surface area contributed by atoms with Gasteiger partial charge in [-0.15, -0.1) is 11.6 Å². The zero-order valence-corrected chi connectivity index (χ0v) is 16.6. The van der Waals surface area contributed by atoms with Crippen molar-refractivity contribution >= 4 is 23.3 Å². The van der Waals surface area contributed by atoms with Crippen LogP contribution in [0.2, 0.25) is 0 Å². The summed E-state index contributed by atoms with van der Waals surface area (Å²) in [7, 11) is 0. The molecule has 3 rings (SSSR count). The minimum absolute atomic E-state index is 0.0358. The first-order valence-electron chi connectivity index (χ1n) is 9.22. The summed E-state index contributed by atoms with van der Waals surface area (Å²) >= 11 is 5.93. The molecule has 0 saturated carbocycles. The molecule has 1 aromatic heterocycles. The van der Waals surface area contributed by atoms with Crippen molar-refractivity contribution in [2.24, 2.45) is 0 Å². The SMILES string of the molecule is CCc1c(C)nc(-c2cccc(F)c2)nc1N1CCN(C(=O)[C@@H](C)Cl)CC1. The number of carbonyl (C=O) groups excluding carboxylic acids is 1. The number of anilines is 1. The predicted octanol–water partition coefficient (Wildman–Crippen LogP) is 3.43. The van der Waals surface area contributed by atoms with Gasteiger partial charge in [-0.05, 0) is 32.4 Å². The van der Waals surface area contributed by atoms with E-state index < -0.39 is 5.38 Å². The van der Waals surface area contributed by atoms with Crippen molar-refractivity contribution in [3.63, 3.8) is 0 Å². The van der Waals surface area contributed by atoms with Crippen LogP contribution in [0.5, 0.6) is 0 Å². The molecule has 0 bridgehead atoms. The first-order valence-corrected chi connectivity index (χ1v) is 9.65. The summed E-state index contributed by atoms with van der Waals surface area (Å²) in [6.07, 6.45) is 0.808. The van der Waals surface area contributed by atoms with Crippen molar-refractivity contribution in [3.8, 4) is 11.4 Å². The average molecular weight is 391 g/mol. The molecule has 5 nitrogen and oxygen atoms in total. The summed E-state index contributed by atoms with van der Waals surface area (Å²) in [5.74, 6) is 1.05. The first-order chi connectivity index (χ1) is 12.9. The van der Waals surface area contributed by atoms with Gasteiger partial charge in [0.25, 0.3) is 0 Å². The number of rotatable bonds is 4. The summed E-state index contributed by atoms with van der Waals surface area (Å²) in [6, 6.07) is 6.33. The number of alkyl halides is 1. The standard InChI is InChI=1S/C20H24ClFN4O/c1-4-17-14(3)23-18(15-6-5-7-16(22)12-15)24-19(17)25-8-10-26(11-9-25)20(27)13(2)21/h5-7,12-13H,4,8-11H2,1-3H3/t13-/m1/s1. The Balaban J connectivity index is 1.90. The first kappa shape index (κ1) is 19.5. The molecule has 2 aromatic rings. The fraction of sp³-hybridized carbons (Fsp3) is 0.450. The third kappa shape index (κ3) is 4.21. The molecule has 1 saturated heterocycles. The van der Waals surface area contributed by atoms with Gasteiger partial charge in [-0.3, -0.25) is 4.79 Å². The lowest BCUT2D eigenvalue weighted by Crippen LogP contribution is -2.51. The van der Waals surface area contributed by atoms with Gasteiger partial charge in [-0.1, -0.05) is 19.1 Å². The molecule has 1 aliphatic heterocycles. The van der Waals surface area contributed by atoms with E-state index in [4.69, 9.17) is 16.6 Å². The van der Waals surface area contributed by atoms with Crippen molar-refractivity contribution in [2.75, 3.05) is 31.1 Å².